The van der Waals surface area contributed by atoms with Gasteiger partial charge in [-0.15, -0.1) is 0 Å². The summed E-state index contributed by atoms with van der Waals surface area (Å²) in [6.45, 7) is 1.61. The van der Waals surface area contributed by atoms with Crippen molar-refractivity contribution in [2.75, 3.05) is 13.2 Å². The van der Waals surface area contributed by atoms with Gasteiger partial charge in [-0.1, -0.05) is 12.8 Å². The highest BCUT2D eigenvalue weighted by Crippen LogP contribution is 2.25. The van der Waals surface area contributed by atoms with Gasteiger partial charge in [0.25, 0.3) is 0 Å². The van der Waals surface area contributed by atoms with Crippen LogP contribution >= 0.6 is 0 Å². The van der Waals surface area contributed by atoms with E-state index in [1.54, 1.807) is 0 Å². The van der Waals surface area contributed by atoms with E-state index in [1.807, 2.05) is 0 Å². The van der Waals surface area contributed by atoms with Crippen molar-refractivity contribution in [3.05, 3.63) is 0 Å². The third-order valence-electron chi connectivity index (χ3n) is 2.39. The second-order valence-electron chi connectivity index (χ2n) is 3.10. The largest absolute Gasteiger partial charge is 0.373 e. The molecule has 2 fully saturated rings. The van der Waals surface area contributed by atoms with Crippen molar-refractivity contribution < 1.29 is 9.47 Å². The van der Waals surface area contributed by atoms with Crippen LogP contribution in [0, 0.1) is 0 Å². The summed E-state index contributed by atoms with van der Waals surface area (Å²) >= 11 is 0. The minimum Gasteiger partial charge on any atom is -0.373 e. The fourth-order valence-corrected chi connectivity index (χ4v) is 1.84. The Morgan fingerprint density at radius 1 is 0.800 bits per heavy atom. The van der Waals surface area contributed by atoms with Gasteiger partial charge in [0.2, 0.25) is 0 Å². The molecule has 2 nitrogen and oxygen atoms in total. The molecular weight excluding hydrogens is 128 g/mol. The molecule has 2 heteroatoms. The molecule has 0 aromatic carbocycles. The standard InChI is InChI=1S/C8H14O2/c1-2-4-8-7(3-1)9-5-6-10-8/h7-8H,1-6H2/t7-,8+. The van der Waals surface area contributed by atoms with E-state index < -0.39 is 0 Å². The van der Waals surface area contributed by atoms with E-state index >= 15 is 0 Å². The third kappa shape index (κ3) is 1.18. The van der Waals surface area contributed by atoms with Crippen LogP contribution < -0.4 is 0 Å². The molecule has 0 radical (unpaired) electrons. The van der Waals surface area contributed by atoms with Crippen molar-refractivity contribution >= 4 is 0 Å². The second-order valence-corrected chi connectivity index (χ2v) is 3.10. The highest BCUT2D eigenvalue weighted by atomic mass is 16.6. The molecule has 0 bridgehead atoms. The van der Waals surface area contributed by atoms with E-state index in [-0.39, 0.29) is 0 Å². The molecule has 2 atom stereocenters. The summed E-state index contributed by atoms with van der Waals surface area (Å²) in [4.78, 5) is 0. The number of hydrogen-bond donors (Lipinski definition) is 0. The molecular formula is C8H14O2. The molecule has 10 heavy (non-hydrogen) atoms. The second kappa shape index (κ2) is 2.89. The van der Waals surface area contributed by atoms with E-state index in [9.17, 15) is 0 Å². The van der Waals surface area contributed by atoms with Crippen molar-refractivity contribution in [2.24, 2.45) is 0 Å². The van der Waals surface area contributed by atoms with Crippen molar-refractivity contribution in [2.45, 2.75) is 37.9 Å². The number of rotatable bonds is 0. The topological polar surface area (TPSA) is 18.5 Å². The highest BCUT2D eigenvalue weighted by Gasteiger charge is 2.28. The molecule has 0 N–H and O–H groups in total. The van der Waals surface area contributed by atoms with Gasteiger partial charge in [-0.3, -0.25) is 0 Å². The van der Waals surface area contributed by atoms with Gasteiger partial charge in [-0.2, -0.15) is 0 Å². The molecule has 0 unspecified atom stereocenters. The van der Waals surface area contributed by atoms with Gasteiger partial charge >= 0.3 is 0 Å². The Morgan fingerprint density at radius 2 is 1.30 bits per heavy atom. The lowest BCUT2D eigenvalue weighted by molar-refractivity contribution is -0.153. The molecule has 1 heterocycles. The van der Waals surface area contributed by atoms with Crippen LogP contribution in [0.1, 0.15) is 25.7 Å². The maximum atomic E-state index is 5.56. The minimum absolute atomic E-state index is 0.433. The highest BCUT2D eigenvalue weighted by molar-refractivity contribution is 4.78. The first-order valence-electron chi connectivity index (χ1n) is 4.20. The Morgan fingerprint density at radius 3 is 1.80 bits per heavy atom. The Labute approximate surface area is 61.5 Å². The summed E-state index contributed by atoms with van der Waals surface area (Å²) in [6.07, 6.45) is 5.94. The summed E-state index contributed by atoms with van der Waals surface area (Å²) < 4.78 is 11.1. The lowest BCUT2D eigenvalue weighted by atomic mass is 9.94. The predicted molar refractivity (Wildman–Crippen MR) is 37.9 cm³/mol. The van der Waals surface area contributed by atoms with Gasteiger partial charge in [0, 0.05) is 0 Å². The molecule has 2 aliphatic rings. The first-order valence-corrected chi connectivity index (χ1v) is 4.20. The van der Waals surface area contributed by atoms with Crippen molar-refractivity contribution in [1.29, 1.82) is 0 Å². The van der Waals surface area contributed by atoms with Gasteiger partial charge in [0.05, 0.1) is 25.4 Å². The lowest BCUT2D eigenvalue weighted by Crippen LogP contribution is -2.40. The lowest BCUT2D eigenvalue weighted by Gasteiger charge is -2.35. The van der Waals surface area contributed by atoms with Crippen LogP contribution in [0.5, 0.6) is 0 Å². The van der Waals surface area contributed by atoms with Gasteiger partial charge in [-0.25, -0.2) is 0 Å². The quantitative estimate of drug-likeness (QED) is 0.508. The van der Waals surface area contributed by atoms with Crippen LogP contribution in [0.4, 0.5) is 0 Å². The summed E-state index contributed by atoms with van der Waals surface area (Å²) in [5, 5.41) is 0. The molecule has 0 amide bonds. The summed E-state index contributed by atoms with van der Waals surface area (Å²) in [5.74, 6) is 0. The number of ether oxygens (including phenoxy) is 2. The zero-order valence-corrected chi connectivity index (χ0v) is 6.21. The molecule has 1 aliphatic heterocycles. The predicted octanol–water partition coefficient (Wildman–Crippen LogP) is 1.34. The number of fused-ring (bicyclic) bond motifs is 1. The van der Waals surface area contributed by atoms with E-state index in [0.29, 0.717) is 12.2 Å². The zero-order valence-electron chi connectivity index (χ0n) is 6.21. The molecule has 0 spiro atoms. The van der Waals surface area contributed by atoms with E-state index in [0.717, 1.165) is 13.2 Å². The smallest absolute Gasteiger partial charge is 0.0837 e. The van der Waals surface area contributed by atoms with E-state index in [1.165, 1.54) is 25.7 Å². The monoisotopic (exact) mass is 142 g/mol. The summed E-state index contributed by atoms with van der Waals surface area (Å²) in [5.41, 5.74) is 0. The summed E-state index contributed by atoms with van der Waals surface area (Å²) in [6, 6.07) is 0. The molecule has 0 aromatic heterocycles. The van der Waals surface area contributed by atoms with Gasteiger partial charge in [0.15, 0.2) is 0 Å². The minimum atomic E-state index is 0.433. The van der Waals surface area contributed by atoms with E-state index in [2.05, 4.69) is 0 Å². The van der Waals surface area contributed by atoms with Crippen LogP contribution in [0.15, 0.2) is 0 Å². The molecule has 0 aromatic rings. The molecule has 1 saturated heterocycles. The Kier molecular flexibility index (Phi) is 1.91. The Balaban J connectivity index is 1.93. The van der Waals surface area contributed by atoms with Crippen LogP contribution in [0.3, 0.4) is 0 Å². The Hall–Kier alpha value is -0.0800. The van der Waals surface area contributed by atoms with Crippen LogP contribution in [0.25, 0.3) is 0 Å². The summed E-state index contributed by atoms with van der Waals surface area (Å²) in [7, 11) is 0. The van der Waals surface area contributed by atoms with Crippen LogP contribution in [-0.4, -0.2) is 25.4 Å². The maximum absolute atomic E-state index is 5.56. The van der Waals surface area contributed by atoms with Gasteiger partial charge < -0.3 is 9.47 Å². The third-order valence-corrected chi connectivity index (χ3v) is 2.39. The Bertz CT molecular complexity index is 87.8. The zero-order chi connectivity index (χ0) is 6.81. The molecule has 1 saturated carbocycles. The molecule has 2 rings (SSSR count). The molecule has 1 aliphatic carbocycles. The van der Waals surface area contributed by atoms with Gasteiger partial charge in [-0.05, 0) is 12.8 Å². The van der Waals surface area contributed by atoms with E-state index in [4.69, 9.17) is 9.47 Å². The average molecular weight is 142 g/mol. The normalized spacial score (nSPS) is 40.8. The fourth-order valence-electron chi connectivity index (χ4n) is 1.84. The fraction of sp³-hybridized carbons (Fsp3) is 1.00. The average Bonchev–Trinajstić information content (AvgIpc) is 2.05. The van der Waals surface area contributed by atoms with Crippen molar-refractivity contribution in [3.63, 3.8) is 0 Å². The van der Waals surface area contributed by atoms with Gasteiger partial charge in [0.1, 0.15) is 0 Å². The first kappa shape index (κ1) is 6.62. The first-order chi connectivity index (χ1) is 4.97. The molecule has 58 valence electrons. The number of hydrogen-bond acceptors (Lipinski definition) is 2. The maximum Gasteiger partial charge on any atom is 0.0837 e. The van der Waals surface area contributed by atoms with Crippen LogP contribution in [-0.2, 0) is 9.47 Å². The van der Waals surface area contributed by atoms with Crippen molar-refractivity contribution in [3.8, 4) is 0 Å². The van der Waals surface area contributed by atoms with Crippen LogP contribution in [0.2, 0.25) is 0 Å². The SMILES string of the molecule is C1CC[C@H]2OCCO[C@H]2C1. The van der Waals surface area contributed by atoms with Crippen molar-refractivity contribution in [1.82, 2.24) is 0 Å².